The van der Waals surface area contributed by atoms with Gasteiger partial charge in [0.15, 0.2) is 0 Å². The summed E-state index contributed by atoms with van der Waals surface area (Å²) >= 11 is 0. The van der Waals surface area contributed by atoms with Crippen molar-refractivity contribution in [1.29, 1.82) is 0 Å². The van der Waals surface area contributed by atoms with Gasteiger partial charge < -0.3 is 10.0 Å². The second-order valence-corrected chi connectivity index (χ2v) is 5.00. The maximum atomic E-state index is 12.2. The molecule has 0 spiro atoms. The smallest absolute Gasteiger partial charge is 0.303 e. The van der Waals surface area contributed by atoms with Crippen molar-refractivity contribution in [3.8, 4) is 0 Å². The van der Waals surface area contributed by atoms with Crippen LogP contribution in [0.2, 0.25) is 0 Å². The lowest BCUT2D eigenvalue weighted by atomic mass is 10.1. The Kier molecular flexibility index (Phi) is 6.70. The van der Waals surface area contributed by atoms with Crippen molar-refractivity contribution < 1.29 is 14.7 Å². The van der Waals surface area contributed by atoms with Crippen molar-refractivity contribution in [2.24, 2.45) is 0 Å². The Morgan fingerprint density at radius 2 is 2.05 bits per heavy atom. The van der Waals surface area contributed by atoms with Gasteiger partial charge in [0, 0.05) is 37.3 Å². The van der Waals surface area contributed by atoms with Crippen LogP contribution < -0.4 is 0 Å². The van der Waals surface area contributed by atoms with Gasteiger partial charge in [-0.05, 0) is 38.8 Å². The molecule has 0 aliphatic carbocycles. The van der Waals surface area contributed by atoms with E-state index < -0.39 is 5.97 Å². The lowest BCUT2D eigenvalue weighted by Gasteiger charge is -2.26. The summed E-state index contributed by atoms with van der Waals surface area (Å²) in [7, 11) is 0. The van der Waals surface area contributed by atoms with Gasteiger partial charge in [-0.15, -0.1) is 0 Å². The van der Waals surface area contributed by atoms with E-state index in [1.54, 1.807) is 11.1 Å². The zero-order valence-electron chi connectivity index (χ0n) is 12.1. The molecule has 110 valence electrons. The molecule has 0 aliphatic heterocycles. The quantitative estimate of drug-likeness (QED) is 0.790. The maximum Gasteiger partial charge on any atom is 0.303 e. The van der Waals surface area contributed by atoms with Gasteiger partial charge in [-0.1, -0.05) is 6.07 Å². The SMILES string of the molecule is CC(C)N(CCCC(=O)O)C(=O)CCc1ccccn1. The van der Waals surface area contributed by atoms with Crippen LogP contribution in [-0.4, -0.2) is 39.5 Å². The average Bonchev–Trinajstić information content (AvgIpc) is 2.41. The fourth-order valence-corrected chi connectivity index (χ4v) is 2.00. The molecule has 5 heteroatoms. The topological polar surface area (TPSA) is 70.5 Å². The number of carbonyl (C=O) groups excluding carboxylic acids is 1. The van der Waals surface area contributed by atoms with Gasteiger partial charge in [-0.25, -0.2) is 0 Å². The largest absolute Gasteiger partial charge is 0.481 e. The van der Waals surface area contributed by atoms with Crippen LogP contribution in [0.1, 0.15) is 38.8 Å². The van der Waals surface area contributed by atoms with E-state index in [2.05, 4.69) is 4.98 Å². The molecule has 1 rings (SSSR count). The van der Waals surface area contributed by atoms with Crippen LogP contribution in [0, 0.1) is 0 Å². The molecule has 0 saturated heterocycles. The average molecular weight is 278 g/mol. The molecule has 0 saturated carbocycles. The minimum atomic E-state index is -0.824. The van der Waals surface area contributed by atoms with Crippen molar-refractivity contribution in [3.05, 3.63) is 30.1 Å². The molecule has 0 fully saturated rings. The van der Waals surface area contributed by atoms with Gasteiger partial charge in [0.05, 0.1) is 0 Å². The fraction of sp³-hybridized carbons (Fsp3) is 0.533. The Morgan fingerprint density at radius 1 is 1.30 bits per heavy atom. The summed E-state index contributed by atoms with van der Waals surface area (Å²) < 4.78 is 0. The molecule has 0 radical (unpaired) electrons. The third kappa shape index (κ3) is 5.82. The van der Waals surface area contributed by atoms with Gasteiger partial charge in [0.2, 0.25) is 5.91 Å². The Bertz CT molecular complexity index is 432. The number of amides is 1. The number of rotatable bonds is 8. The third-order valence-electron chi connectivity index (χ3n) is 3.05. The monoisotopic (exact) mass is 278 g/mol. The molecule has 1 aromatic rings. The highest BCUT2D eigenvalue weighted by molar-refractivity contribution is 5.76. The first kappa shape index (κ1) is 16.1. The molecule has 1 amide bonds. The maximum absolute atomic E-state index is 12.2. The number of aromatic nitrogens is 1. The van der Waals surface area contributed by atoms with E-state index in [0.717, 1.165) is 5.69 Å². The molecule has 1 aromatic heterocycles. The van der Waals surface area contributed by atoms with E-state index in [4.69, 9.17) is 5.11 Å². The third-order valence-corrected chi connectivity index (χ3v) is 3.05. The van der Waals surface area contributed by atoms with Crippen LogP contribution in [-0.2, 0) is 16.0 Å². The Balaban J connectivity index is 2.45. The molecule has 1 N–H and O–H groups in total. The Morgan fingerprint density at radius 3 is 2.60 bits per heavy atom. The van der Waals surface area contributed by atoms with E-state index in [-0.39, 0.29) is 18.4 Å². The summed E-state index contributed by atoms with van der Waals surface area (Å²) in [5.41, 5.74) is 0.898. The van der Waals surface area contributed by atoms with Gasteiger partial charge in [0.1, 0.15) is 0 Å². The van der Waals surface area contributed by atoms with E-state index in [9.17, 15) is 9.59 Å². The molecule has 20 heavy (non-hydrogen) atoms. The number of aryl methyl sites for hydroxylation is 1. The minimum absolute atomic E-state index is 0.0519. The number of nitrogens with zero attached hydrogens (tertiary/aromatic N) is 2. The number of carboxylic acid groups (broad SMARTS) is 1. The highest BCUT2D eigenvalue weighted by atomic mass is 16.4. The van der Waals surface area contributed by atoms with Gasteiger partial charge >= 0.3 is 5.97 Å². The predicted octanol–water partition coefficient (Wildman–Crippen LogP) is 2.12. The molecule has 0 aromatic carbocycles. The molecule has 1 heterocycles. The van der Waals surface area contributed by atoms with E-state index in [1.807, 2.05) is 32.0 Å². The molecule has 0 unspecified atom stereocenters. The van der Waals surface area contributed by atoms with Crippen LogP contribution in [0.3, 0.4) is 0 Å². The second kappa shape index (κ2) is 8.30. The number of carbonyl (C=O) groups is 2. The number of aliphatic carboxylic acids is 1. The summed E-state index contributed by atoms with van der Waals surface area (Å²) in [6, 6.07) is 5.73. The van der Waals surface area contributed by atoms with Crippen molar-refractivity contribution in [2.45, 2.75) is 45.6 Å². The lowest BCUT2D eigenvalue weighted by Crippen LogP contribution is -2.38. The fourth-order valence-electron chi connectivity index (χ4n) is 2.00. The van der Waals surface area contributed by atoms with Gasteiger partial charge in [0.25, 0.3) is 0 Å². The standard InChI is InChI=1S/C15H22N2O3/c1-12(2)17(11-5-7-15(19)20)14(18)9-8-13-6-3-4-10-16-13/h3-4,6,10,12H,5,7-9,11H2,1-2H3,(H,19,20). The molecule has 5 nitrogen and oxygen atoms in total. The molecule has 0 bridgehead atoms. The first-order valence-electron chi connectivity index (χ1n) is 6.92. The zero-order chi connectivity index (χ0) is 15.0. The first-order valence-corrected chi connectivity index (χ1v) is 6.92. The lowest BCUT2D eigenvalue weighted by molar-refractivity contribution is -0.138. The molecular formula is C15H22N2O3. The number of hydrogen-bond donors (Lipinski definition) is 1. The van der Waals surface area contributed by atoms with Gasteiger partial charge in [-0.2, -0.15) is 0 Å². The molecule has 0 aliphatic rings. The molecule has 0 atom stereocenters. The van der Waals surface area contributed by atoms with Crippen LogP contribution in [0.15, 0.2) is 24.4 Å². The summed E-state index contributed by atoms with van der Waals surface area (Å²) in [6.45, 7) is 4.38. The van der Waals surface area contributed by atoms with Crippen molar-refractivity contribution in [2.75, 3.05) is 6.54 Å². The number of carboxylic acids is 1. The summed E-state index contributed by atoms with van der Waals surface area (Å²) in [5, 5.41) is 8.64. The van der Waals surface area contributed by atoms with Crippen molar-refractivity contribution in [1.82, 2.24) is 9.88 Å². The van der Waals surface area contributed by atoms with Crippen molar-refractivity contribution in [3.63, 3.8) is 0 Å². The summed E-state index contributed by atoms with van der Waals surface area (Å²) in [5.74, 6) is -0.773. The van der Waals surface area contributed by atoms with Crippen LogP contribution in [0.25, 0.3) is 0 Å². The Labute approximate surface area is 119 Å². The number of hydrogen-bond acceptors (Lipinski definition) is 3. The summed E-state index contributed by atoms with van der Waals surface area (Å²) in [4.78, 5) is 28.6. The van der Waals surface area contributed by atoms with E-state index in [1.165, 1.54) is 0 Å². The van der Waals surface area contributed by atoms with Crippen LogP contribution in [0.4, 0.5) is 0 Å². The van der Waals surface area contributed by atoms with Crippen LogP contribution >= 0.6 is 0 Å². The van der Waals surface area contributed by atoms with Crippen molar-refractivity contribution >= 4 is 11.9 Å². The normalized spacial score (nSPS) is 10.6. The highest BCUT2D eigenvalue weighted by Gasteiger charge is 2.16. The molecular weight excluding hydrogens is 256 g/mol. The Hall–Kier alpha value is -1.91. The predicted molar refractivity (Wildman–Crippen MR) is 76.3 cm³/mol. The van der Waals surface area contributed by atoms with E-state index >= 15 is 0 Å². The summed E-state index contributed by atoms with van der Waals surface area (Å²) in [6.07, 6.45) is 3.32. The van der Waals surface area contributed by atoms with Crippen LogP contribution in [0.5, 0.6) is 0 Å². The first-order chi connectivity index (χ1) is 9.50. The minimum Gasteiger partial charge on any atom is -0.481 e. The second-order valence-electron chi connectivity index (χ2n) is 5.00. The van der Waals surface area contributed by atoms with E-state index in [0.29, 0.717) is 25.8 Å². The number of pyridine rings is 1. The zero-order valence-corrected chi connectivity index (χ0v) is 12.1. The van der Waals surface area contributed by atoms with Gasteiger partial charge in [-0.3, -0.25) is 14.6 Å². The highest BCUT2D eigenvalue weighted by Crippen LogP contribution is 2.07.